The standard InChI is InChI=1S/C11H19N3O4/c1-7(2)9(10(16)17)12-11(18)14-5-4-13(3)8(15)6-14/h7,9H,4-6H2,1-3H3,(H,12,18)(H,16,17)/t9-/m1/s1. The zero-order valence-corrected chi connectivity index (χ0v) is 10.8. The number of hydrogen-bond acceptors (Lipinski definition) is 3. The Morgan fingerprint density at radius 2 is 1.94 bits per heavy atom. The maximum Gasteiger partial charge on any atom is 0.326 e. The first-order valence-electron chi connectivity index (χ1n) is 5.85. The normalized spacial score (nSPS) is 17.9. The van der Waals surface area contributed by atoms with Crippen molar-refractivity contribution in [1.29, 1.82) is 0 Å². The van der Waals surface area contributed by atoms with E-state index in [0.29, 0.717) is 13.1 Å². The molecular formula is C11H19N3O4. The minimum Gasteiger partial charge on any atom is -0.480 e. The van der Waals surface area contributed by atoms with E-state index < -0.39 is 18.0 Å². The molecule has 102 valence electrons. The van der Waals surface area contributed by atoms with E-state index in [4.69, 9.17) is 5.11 Å². The summed E-state index contributed by atoms with van der Waals surface area (Å²) in [6.07, 6.45) is 0. The minimum absolute atomic E-state index is 0.00717. The second-order valence-electron chi connectivity index (χ2n) is 4.75. The summed E-state index contributed by atoms with van der Waals surface area (Å²) in [4.78, 5) is 37.1. The average Bonchev–Trinajstić information content (AvgIpc) is 2.28. The van der Waals surface area contributed by atoms with E-state index in [2.05, 4.69) is 5.32 Å². The summed E-state index contributed by atoms with van der Waals surface area (Å²) in [7, 11) is 1.67. The van der Waals surface area contributed by atoms with Crippen LogP contribution in [0.4, 0.5) is 4.79 Å². The monoisotopic (exact) mass is 257 g/mol. The molecule has 3 amide bonds. The second kappa shape index (κ2) is 5.70. The smallest absolute Gasteiger partial charge is 0.326 e. The molecule has 1 saturated heterocycles. The zero-order valence-electron chi connectivity index (χ0n) is 10.8. The SMILES string of the molecule is CC(C)[C@@H](NC(=O)N1CCN(C)C(=O)C1)C(=O)O. The molecule has 0 aromatic carbocycles. The van der Waals surface area contributed by atoms with Crippen LogP contribution in [-0.4, -0.2) is 65.5 Å². The number of rotatable bonds is 3. The molecule has 0 bridgehead atoms. The Morgan fingerprint density at radius 3 is 2.39 bits per heavy atom. The van der Waals surface area contributed by atoms with Gasteiger partial charge in [-0.1, -0.05) is 13.8 Å². The summed E-state index contributed by atoms with van der Waals surface area (Å²) < 4.78 is 0. The van der Waals surface area contributed by atoms with Gasteiger partial charge in [0.15, 0.2) is 0 Å². The van der Waals surface area contributed by atoms with Crippen LogP contribution in [0.2, 0.25) is 0 Å². The van der Waals surface area contributed by atoms with Gasteiger partial charge in [-0.25, -0.2) is 9.59 Å². The summed E-state index contributed by atoms with van der Waals surface area (Å²) in [5.74, 6) is -1.43. The molecule has 0 saturated carbocycles. The minimum atomic E-state index is -1.07. The lowest BCUT2D eigenvalue weighted by molar-refractivity contribution is -0.140. The lowest BCUT2D eigenvalue weighted by Gasteiger charge is -2.33. The number of carboxylic acids is 1. The number of nitrogens with one attached hydrogen (secondary N) is 1. The van der Waals surface area contributed by atoms with Gasteiger partial charge in [0.05, 0.1) is 0 Å². The van der Waals surface area contributed by atoms with Crippen LogP contribution in [0, 0.1) is 5.92 Å². The quantitative estimate of drug-likeness (QED) is 0.718. The van der Waals surface area contributed by atoms with E-state index in [0.717, 1.165) is 0 Å². The fraction of sp³-hybridized carbons (Fsp3) is 0.727. The van der Waals surface area contributed by atoms with Crippen LogP contribution in [0.25, 0.3) is 0 Å². The molecule has 1 fully saturated rings. The molecule has 18 heavy (non-hydrogen) atoms. The highest BCUT2D eigenvalue weighted by atomic mass is 16.4. The van der Waals surface area contributed by atoms with Crippen molar-refractivity contribution in [2.75, 3.05) is 26.7 Å². The van der Waals surface area contributed by atoms with Crippen LogP contribution < -0.4 is 5.32 Å². The molecule has 0 aromatic rings. The molecule has 7 nitrogen and oxygen atoms in total. The van der Waals surface area contributed by atoms with Crippen molar-refractivity contribution in [3.8, 4) is 0 Å². The third-order valence-electron chi connectivity index (χ3n) is 2.96. The Balaban J connectivity index is 2.60. The largest absolute Gasteiger partial charge is 0.480 e. The summed E-state index contributed by atoms with van der Waals surface area (Å²) in [5, 5.41) is 11.4. The van der Waals surface area contributed by atoms with Gasteiger partial charge in [0.2, 0.25) is 5.91 Å². The zero-order chi connectivity index (χ0) is 13.9. The van der Waals surface area contributed by atoms with Gasteiger partial charge in [-0.05, 0) is 5.92 Å². The first-order valence-corrected chi connectivity index (χ1v) is 5.85. The number of urea groups is 1. The third-order valence-corrected chi connectivity index (χ3v) is 2.96. The van der Waals surface area contributed by atoms with E-state index in [9.17, 15) is 14.4 Å². The van der Waals surface area contributed by atoms with Gasteiger partial charge in [-0.3, -0.25) is 4.79 Å². The van der Waals surface area contributed by atoms with Gasteiger partial charge in [-0.15, -0.1) is 0 Å². The van der Waals surface area contributed by atoms with Gasteiger partial charge < -0.3 is 20.2 Å². The molecule has 7 heteroatoms. The fourth-order valence-corrected chi connectivity index (χ4v) is 1.67. The van der Waals surface area contributed by atoms with Gasteiger partial charge in [0, 0.05) is 20.1 Å². The van der Waals surface area contributed by atoms with Crippen LogP contribution in [0.3, 0.4) is 0 Å². The molecule has 0 radical (unpaired) electrons. The number of carbonyl (C=O) groups excluding carboxylic acids is 2. The first kappa shape index (κ1) is 14.3. The number of hydrogen-bond donors (Lipinski definition) is 2. The topological polar surface area (TPSA) is 90.0 Å². The van der Waals surface area contributed by atoms with Crippen molar-refractivity contribution < 1.29 is 19.5 Å². The number of likely N-dealkylation sites (N-methyl/N-ethyl adjacent to an activating group) is 1. The van der Waals surface area contributed by atoms with Crippen LogP contribution in [0.15, 0.2) is 0 Å². The lowest BCUT2D eigenvalue weighted by Crippen LogP contribution is -2.56. The van der Waals surface area contributed by atoms with E-state index in [1.807, 2.05) is 0 Å². The Morgan fingerprint density at radius 1 is 1.33 bits per heavy atom. The molecule has 1 aliphatic rings. The van der Waals surface area contributed by atoms with Crippen LogP contribution in [0.1, 0.15) is 13.8 Å². The number of piperazine rings is 1. The van der Waals surface area contributed by atoms with Crippen molar-refractivity contribution in [3.63, 3.8) is 0 Å². The molecule has 1 aliphatic heterocycles. The number of amides is 3. The van der Waals surface area contributed by atoms with Crippen molar-refractivity contribution in [2.45, 2.75) is 19.9 Å². The van der Waals surface area contributed by atoms with Crippen molar-refractivity contribution in [1.82, 2.24) is 15.1 Å². The van der Waals surface area contributed by atoms with Gasteiger partial charge in [0.1, 0.15) is 12.6 Å². The molecule has 0 unspecified atom stereocenters. The van der Waals surface area contributed by atoms with Crippen LogP contribution in [0.5, 0.6) is 0 Å². The molecule has 0 aromatic heterocycles. The summed E-state index contributed by atoms with van der Waals surface area (Å²) >= 11 is 0. The Kier molecular flexibility index (Phi) is 4.52. The van der Waals surface area contributed by atoms with Gasteiger partial charge in [0.25, 0.3) is 0 Å². The average molecular weight is 257 g/mol. The Hall–Kier alpha value is -1.79. The van der Waals surface area contributed by atoms with Crippen molar-refractivity contribution >= 4 is 17.9 Å². The number of nitrogens with zero attached hydrogens (tertiary/aromatic N) is 2. The number of aliphatic carboxylic acids is 1. The molecule has 1 rings (SSSR count). The summed E-state index contributed by atoms with van der Waals surface area (Å²) in [5.41, 5.74) is 0. The second-order valence-corrected chi connectivity index (χ2v) is 4.75. The molecule has 0 aliphatic carbocycles. The predicted octanol–water partition coefficient (Wildman–Crippen LogP) is -0.421. The Labute approximate surface area is 106 Å². The number of carboxylic acid groups (broad SMARTS) is 1. The highest BCUT2D eigenvalue weighted by molar-refractivity contribution is 5.87. The third kappa shape index (κ3) is 3.35. The van der Waals surface area contributed by atoms with Crippen LogP contribution >= 0.6 is 0 Å². The van der Waals surface area contributed by atoms with E-state index in [1.165, 1.54) is 4.90 Å². The first-order chi connectivity index (χ1) is 8.32. The van der Waals surface area contributed by atoms with Gasteiger partial charge in [-0.2, -0.15) is 0 Å². The number of carbonyl (C=O) groups is 3. The fourth-order valence-electron chi connectivity index (χ4n) is 1.67. The summed E-state index contributed by atoms with van der Waals surface area (Å²) in [6, 6.07) is -1.44. The van der Waals surface area contributed by atoms with E-state index in [1.54, 1.807) is 25.8 Å². The molecular weight excluding hydrogens is 238 g/mol. The van der Waals surface area contributed by atoms with E-state index in [-0.39, 0.29) is 18.4 Å². The maximum absolute atomic E-state index is 11.9. The van der Waals surface area contributed by atoms with Gasteiger partial charge >= 0.3 is 12.0 Å². The molecule has 1 atom stereocenters. The Bertz CT molecular complexity index is 356. The highest BCUT2D eigenvalue weighted by Gasteiger charge is 2.29. The maximum atomic E-state index is 11.9. The lowest BCUT2D eigenvalue weighted by atomic mass is 10.1. The van der Waals surface area contributed by atoms with Crippen molar-refractivity contribution in [3.05, 3.63) is 0 Å². The predicted molar refractivity (Wildman–Crippen MR) is 64.0 cm³/mol. The van der Waals surface area contributed by atoms with Crippen molar-refractivity contribution in [2.24, 2.45) is 5.92 Å². The molecule has 0 spiro atoms. The summed E-state index contributed by atoms with van der Waals surface area (Å²) in [6.45, 7) is 4.30. The van der Waals surface area contributed by atoms with Crippen LogP contribution in [-0.2, 0) is 9.59 Å². The molecule has 1 heterocycles. The highest BCUT2D eigenvalue weighted by Crippen LogP contribution is 2.05. The molecule has 2 N–H and O–H groups in total. The van der Waals surface area contributed by atoms with E-state index >= 15 is 0 Å².